The van der Waals surface area contributed by atoms with Crippen molar-refractivity contribution in [2.24, 2.45) is 11.7 Å². The normalized spacial score (nSPS) is 14.7. The summed E-state index contributed by atoms with van der Waals surface area (Å²) in [4.78, 5) is 48.6. The molecule has 0 spiro atoms. The van der Waals surface area contributed by atoms with Crippen LogP contribution in [0.1, 0.15) is 32.8 Å². The minimum atomic E-state index is -1.35. The molecule has 1 aromatic rings. The van der Waals surface area contributed by atoms with Crippen LogP contribution in [0.2, 0.25) is 0 Å². The van der Waals surface area contributed by atoms with Gasteiger partial charge in [0.25, 0.3) is 0 Å². The van der Waals surface area contributed by atoms with Crippen LogP contribution in [0, 0.1) is 5.92 Å². The average molecular weight is 453 g/mol. The molecule has 0 bridgehead atoms. The predicted molar refractivity (Wildman–Crippen MR) is 115 cm³/mol. The molecule has 11 nitrogen and oxygen atoms in total. The summed E-state index contributed by atoms with van der Waals surface area (Å²) >= 11 is 0. The monoisotopic (exact) mass is 452 g/mol. The van der Waals surface area contributed by atoms with Crippen molar-refractivity contribution in [1.29, 1.82) is 0 Å². The Labute approximate surface area is 186 Å². The van der Waals surface area contributed by atoms with Gasteiger partial charge in [0.05, 0.1) is 12.6 Å². The summed E-state index contributed by atoms with van der Waals surface area (Å²) < 4.78 is 0. The van der Waals surface area contributed by atoms with Gasteiger partial charge in [-0.3, -0.25) is 19.2 Å². The van der Waals surface area contributed by atoms with Gasteiger partial charge in [0.15, 0.2) is 0 Å². The number of phenols is 1. The van der Waals surface area contributed by atoms with E-state index in [1.54, 1.807) is 12.1 Å². The Kier molecular flexibility index (Phi) is 10.6. The fraction of sp³-hybridized carbons (Fsp3) is 0.524. The minimum absolute atomic E-state index is 0.0130. The van der Waals surface area contributed by atoms with E-state index in [4.69, 9.17) is 10.8 Å². The molecule has 0 heterocycles. The molecule has 1 rings (SSSR count). The molecule has 0 aliphatic carbocycles. The number of aliphatic carboxylic acids is 1. The van der Waals surface area contributed by atoms with E-state index >= 15 is 0 Å². The first-order valence-corrected chi connectivity index (χ1v) is 10.2. The first kappa shape index (κ1) is 26.9. The molecular weight excluding hydrogens is 420 g/mol. The van der Waals surface area contributed by atoms with Gasteiger partial charge in [-0.25, -0.2) is 0 Å². The van der Waals surface area contributed by atoms with Crippen LogP contribution in [-0.4, -0.2) is 69.8 Å². The Morgan fingerprint density at radius 2 is 1.44 bits per heavy atom. The summed E-state index contributed by atoms with van der Waals surface area (Å²) in [6.45, 7) is 4.31. The van der Waals surface area contributed by atoms with E-state index < -0.39 is 54.5 Å². The van der Waals surface area contributed by atoms with Crippen molar-refractivity contribution in [1.82, 2.24) is 16.0 Å². The van der Waals surface area contributed by atoms with E-state index in [1.807, 2.05) is 13.8 Å². The molecule has 8 N–H and O–H groups in total. The second-order valence-electron chi connectivity index (χ2n) is 7.98. The van der Waals surface area contributed by atoms with Gasteiger partial charge in [0, 0.05) is 6.42 Å². The summed E-state index contributed by atoms with van der Waals surface area (Å²) in [6, 6.07) is 1.25. The SMILES string of the molecule is CC(C)CC(N)C(=O)NC(CO)C(=O)NC(Cc1ccc(O)cc1)C(=O)NC(C)C(=O)O. The molecule has 0 aromatic heterocycles. The standard InChI is InChI=1S/C21H32N4O7/c1-11(2)8-15(22)18(28)25-17(10-26)20(30)24-16(19(29)23-12(3)21(31)32)9-13-4-6-14(27)7-5-13/h4-7,11-12,15-17,26-27H,8-10,22H2,1-3H3,(H,23,29)(H,24,30)(H,25,28)(H,31,32). The Morgan fingerprint density at radius 3 is 1.94 bits per heavy atom. The third-order valence-electron chi connectivity index (χ3n) is 4.62. The first-order valence-electron chi connectivity index (χ1n) is 10.2. The van der Waals surface area contributed by atoms with Gasteiger partial charge in [0.1, 0.15) is 23.9 Å². The Morgan fingerprint density at radius 1 is 0.906 bits per heavy atom. The van der Waals surface area contributed by atoms with E-state index in [9.17, 15) is 29.4 Å². The third kappa shape index (κ3) is 8.90. The van der Waals surface area contributed by atoms with Crippen LogP contribution in [0.15, 0.2) is 24.3 Å². The lowest BCUT2D eigenvalue weighted by Gasteiger charge is -2.24. The second-order valence-corrected chi connectivity index (χ2v) is 7.98. The lowest BCUT2D eigenvalue weighted by molar-refractivity contribution is -0.141. The van der Waals surface area contributed by atoms with Gasteiger partial charge in [-0.2, -0.15) is 0 Å². The summed E-state index contributed by atoms with van der Waals surface area (Å²) in [5, 5.41) is 35.1. The molecule has 178 valence electrons. The van der Waals surface area contributed by atoms with Crippen molar-refractivity contribution in [2.75, 3.05) is 6.61 Å². The van der Waals surface area contributed by atoms with Gasteiger partial charge in [-0.1, -0.05) is 26.0 Å². The van der Waals surface area contributed by atoms with E-state index in [1.165, 1.54) is 19.1 Å². The number of carboxylic acid groups (broad SMARTS) is 1. The highest BCUT2D eigenvalue weighted by Crippen LogP contribution is 2.12. The number of phenolic OH excluding ortho intramolecular Hbond substituents is 1. The number of carboxylic acids is 1. The zero-order valence-corrected chi connectivity index (χ0v) is 18.4. The topological polar surface area (TPSA) is 191 Å². The largest absolute Gasteiger partial charge is 0.508 e. The van der Waals surface area contributed by atoms with Crippen LogP contribution in [0.5, 0.6) is 5.75 Å². The van der Waals surface area contributed by atoms with Gasteiger partial charge in [-0.05, 0) is 37.0 Å². The number of aliphatic hydroxyl groups excluding tert-OH is 1. The van der Waals surface area contributed by atoms with Gasteiger partial charge < -0.3 is 37.0 Å². The quantitative estimate of drug-likeness (QED) is 0.207. The lowest BCUT2D eigenvalue weighted by atomic mass is 10.0. The highest BCUT2D eigenvalue weighted by atomic mass is 16.4. The van der Waals surface area contributed by atoms with Crippen LogP contribution in [-0.2, 0) is 25.6 Å². The second kappa shape index (κ2) is 12.6. The maximum atomic E-state index is 12.7. The molecule has 0 radical (unpaired) electrons. The molecule has 11 heteroatoms. The maximum Gasteiger partial charge on any atom is 0.325 e. The average Bonchev–Trinajstić information content (AvgIpc) is 2.71. The van der Waals surface area contributed by atoms with E-state index in [0.29, 0.717) is 12.0 Å². The van der Waals surface area contributed by atoms with Gasteiger partial charge >= 0.3 is 5.97 Å². The minimum Gasteiger partial charge on any atom is -0.508 e. The Balaban J connectivity index is 2.95. The number of aromatic hydroxyl groups is 1. The van der Waals surface area contributed by atoms with Crippen molar-refractivity contribution < 1.29 is 34.5 Å². The molecule has 0 aliphatic heterocycles. The van der Waals surface area contributed by atoms with Gasteiger partial charge in [-0.15, -0.1) is 0 Å². The Bertz CT molecular complexity index is 798. The number of nitrogens with one attached hydrogen (secondary N) is 3. The number of benzene rings is 1. The number of rotatable bonds is 12. The van der Waals surface area contributed by atoms with Crippen molar-refractivity contribution in [3.8, 4) is 5.75 Å². The van der Waals surface area contributed by atoms with Crippen LogP contribution in [0.4, 0.5) is 0 Å². The number of carbonyl (C=O) groups excluding carboxylic acids is 3. The fourth-order valence-electron chi connectivity index (χ4n) is 2.81. The molecule has 0 fully saturated rings. The first-order chi connectivity index (χ1) is 14.9. The smallest absolute Gasteiger partial charge is 0.325 e. The highest BCUT2D eigenvalue weighted by Gasteiger charge is 2.29. The van der Waals surface area contributed by atoms with Crippen LogP contribution < -0.4 is 21.7 Å². The number of nitrogens with two attached hydrogens (primary N) is 1. The van der Waals surface area contributed by atoms with Crippen molar-refractivity contribution in [3.63, 3.8) is 0 Å². The van der Waals surface area contributed by atoms with Crippen molar-refractivity contribution >= 4 is 23.7 Å². The van der Waals surface area contributed by atoms with Crippen molar-refractivity contribution in [2.45, 2.75) is 57.8 Å². The molecule has 3 amide bonds. The number of hydrogen-bond acceptors (Lipinski definition) is 7. The van der Waals surface area contributed by atoms with Gasteiger partial charge in [0.2, 0.25) is 17.7 Å². The zero-order chi connectivity index (χ0) is 24.4. The molecule has 4 atom stereocenters. The number of carbonyl (C=O) groups is 4. The number of hydrogen-bond donors (Lipinski definition) is 7. The van der Waals surface area contributed by atoms with E-state index in [-0.39, 0.29) is 18.1 Å². The van der Waals surface area contributed by atoms with E-state index in [0.717, 1.165) is 0 Å². The summed E-state index contributed by atoms with van der Waals surface area (Å²) in [5.74, 6) is -3.31. The van der Waals surface area contributed by atoms with Crippen molar-refractivity contribution in [3.05, 3.63) is 29.8 Å². The molecule has 32 heavy (non-hydrogen) atoms. The number of amides is 3. The molecule has 4 unspecified atom stereocenters. The summed E-state index contributed by atoms with van der Waals surface area (Å²) in [6.07, 6.45) is 0.355. The van der Waals surface area contributed by atoms with Crippen LogP contribution >= 0.6 is 0 Å². The van der Waals surface area contributed by atoms with Crippen LogP contribution in [0.25, 0.3) is 0 Å². The predicted octanol–water partition coefficient (Wildman–Crippen LogP) is -1.14. The molecule has 0 aliphatic rings. The highest BCUT2D eigenvalue weighted by molar-refractivity contribution is 5.94. The zero-order valence-electron chi connectivity index (χ0n) is 18.4. The maximum absolute atomic E-state index is 12.7. The summed E-state index contributed by atoms with van der Waals surface area (Å²) in [7, 11) is 0. The molecule has 0 saturated heterocycles. The van der Waals surface area contributed by atoms with E-state index in [2.05, 4.69) is 16.0 Å². The summed E-state index contributed by atoms with van der Waals surface area (Å²) in [5.41, 5.74) is 6.38. The number of aliphatic hydroxyl groups is 1. The molecule has 0 saturated carbocycles. The Hall–Kier alpha value is -3.18. The lowest BCUT2D eigenvalue weighted by Crippen LogP contribution is -2.58. The molecule has 1 aromatic carbocycles. The third-order valence-corrected chi connectivity index (χ3v) is 4.62. The fourth-order valence-corrected chi connectivity index (χ4v) is 2.81. The van der Waals surface area contributed by atoms with Crippen LogP contribution in [0.3, 0.4) is 0 Å². The molecular formula is C21H32N4O7.